The molecule has 0 fully saturated rings. The second-order valence-electron chi connectivity index (χ2n) is 3.21. The molecule has 8 nitrogen and oxygen atoms in total. The van der Waals surface area contributed by atoms with Gasteiger partial charge in [0.25, 0.3) is 11.6 Å². The number of aromatic amines is 1. The molecule has 0 aromatic carbocycles. The summed E-state index contributed by atoms with van der Waals surface area (Å²) in [5.41, 5.74) is -0.394. The fraction of sp³-hybridized carbons (Fsp3) is 0. The number of rotatable bonds is 3. The summed E-state index contributed by atoms with van der Waals surface area (Å²) < 4.78 is 0. The Balaban J connectivity index is 2.29. The normalized spacial score (nSPS) is 10.1. The molecule has 2 rings (SSSR count). The van der Waals surface area contributed by atoms with E-state index in [4.69, 9.17) is 11.6 Å². The quantitative estimate of drug-likeness (QED) is 0.498. The first-order chi connectivity index (χ1) is 8.58. The summed E-state index contributed by atoms with van der Waals surface area (Å²) in [7, 11) is 0. The van der Waals surface area contributed by atoms with E-state index in [1.165, 1.54) is 12.3 Å². The van der Waals surface area contributed by atoms with Crippen molar-refractivity contribution in [1.29, 1.82) is 0 Å². The van der Waals surface area contributed by atoms with E-state index in [9.17, 15) is 14.9 Å². The van der Waals surface area contributed by atoms with Crippen LogP contribution in [-0.2, 0) is 0 Å². The molecule has 2 aromatic heterocycles. The smallest absolute Gasteiger partial charge is 0.288 e. The fourth-order valence-corrected chi connectivity index (χ4v) is 1.40. The van der Waals surface area contributed by atoms with E-state index in [0.717, 1.165) is 12.3 Å². The molecule has 0 radical (unpaired) electrons. The van der Waals surface area contributed by atoms with Gasteiger partial charge in [0.15, 0.2) is 0 Å². The van der Waals surface area contributed by atoms with Crippen molar-refractivity contribution in [1.82, 2.24) is 15.2 Å². The number of halogens is 1. The largest absolute Gasteiger partial charge is 0.307 e. The van der Waals surface area contributed by atoms with Crippen LogP contribution in [0.15, 0.2) is 24.5 Å². The van der Waals surface area contributed by atoms with E-state index >= 15 is 0 Å². The minimum absolute atomic E-state index is 0.0829. The molecule has 1 amide bonds. The summed E-state index contributed by atoms with van der Waals surface area (Å²) in [4.78, 5) is 25.3. The zero-order valence-electron chi connectivity index (χ0n) is 8.75. The third kappa shape index (κ3) is 2.43. The van der Waals surface area contributed by atoms with Gasteiger partial charge in [0.05, 0.1) is 16.7 Å². The number of amides is 1. The standard InChI is InChI=1S/C9H6ClN5O3/c10-8-6(3-5(4-11-8)15(17)18)9(16)13-7-1-2-12-14-7/h1-4H,(H2,12,13,14,16). The van der Waals surface area contributed by atoms with Crippen LogP contribution in [0.25, 0.3) is 0 Å². The Bertz CT molecular complexity index is 598. The van der Waals surface area contributed by atoms with Crippen molar-refractivity contribution in [2.75, 3.05) is 5.32 Å². The maximum atomic E-state index is 11.8. The van der Waals surface area contributed by atoms with Crippen molar-refractivity contribution in [2.45, 2.75) is 0 Å². The first kappa shape index (κ1) is 12.0. The van der Waals surface area contributed by atoms with Crippen LogP contribution in [-0.4, -0.2) is 26.0 Å². The summed E-state index contributed by atoms with van der Waals surface area (Å²) in [6, 6.07) is 2.58. The molecule has 2 aromatic rings. The summed E-state index contributed by atoms with van der Waals surface area (Å²) in [6.07, 6.45) is 2.43. The number of hydrogen-bond acceptors (Lipinski definition) is 5. The number of carbonyl (C=O) groups excluding carboxylic acids is 1. The van der Waals surface area contributed by atoms with Gasteiger partial charge in [0.1, 0.15) is 17.2 Å². The number of pyridine rings is 1. The Hall–Kier alpha value is -2.48. The van der Waals surface area contributed by atoms with Crippen molar-refractivity contribution >= 4 is 29.0 Å². The summed E-state index contributed by atoms with van der Waals surface area (Å²) in [6.45, 7) is 0. The molecule has 0 aliphatic carbocycles. The van der Waals surface area contributed by atoms with Crippen LogP contribution in [0, 0.1) is 10.1 Å². The Morgan fingerprint density at radius 3 is 2.94 bits per heavy atom. The lowest BCUT2D eigenvalue weighted by atomic mass is 10.2. The van der Waals surface area contributed by atoms with E-state index in [1.807, 2.05) is 0 Å². The van der Waals surface area contributed by atoms with E-state index < -0.39 is 10.8 Å². The Morgan fingerprint density at radius 1 is 1.56 bits per heavy atom. The highest BCUT2D eigenvalue weighted by Gasteiger charge is 2.17. The molecule has 2 N–H and O–H groups in total. The van der Waals surface area contributed by atoms with Crippen LogP contribution < -0.4 is 5.32 Å². The van der Waals surface area contributed by atoms with Crippen molar-refractivity contribution in [3.63, 3.8) is 0 Å². The van der Waals surface area contributed by atoms with Gasteiger partial charge in [-0.1, -0.05) is 11.6 Å². The fourth-order valence-electron chi connectivity index (χ4n) is 1.21. The maximum absolute atomic E-state index is 11.8. The highest BCUT2D eigenvalue weighted by Crippen LogP contribution is 2.19. The Kier molecular flexibility index (Phi) is 3.20. The molecule has 0 unspecified atom stereocenters. The van der Waals surface area contributed by atoms with Gasteiger partial charge in [0, 0.05) is 12.1 Å². The topological polar surface area (TPSA) is 114 Å². The lowest BCUT2D eigenvalue weighted by molar-refractivity contribution is -0.385. The van der Waals surface area contributed by atoms with Gasteiger partial charge >= 0.3 is 0 Å². The Morgan fingerprint density at radius 2 is 2.33 bits per heavy atom. The molecule has 0 saturated carbocycles. The lowest BCUT2D eigenvalue weighted by Gasteiger charge is -2.03. The third-order valence-corrected chi connectivity index (χ3v) is 2.33. The van der Waals surface area contributed by atoms with E-state index in [-0.39, 0.29) is 16.4 Å². The van der Waals surface area contributed by atoms with E-state index in [1.54, 1.807) is 0 Å². The number of anilines is 1. The van der Waals surface area contributed by atoms with Gasteiger partial charge in [0.2, 0.25) is 0 Å². The number of carbonyl (C=O) groups is 1. The van der Waals surface area contributed by atoms with Gasteiger partial charge in [-0.2, -0.15) is 5.10 Å². The monoisotopic (exact) mass is 267 g/mol. The molecule has 0 bridgehead atoms. The average Bonchev–Trinajstić information content (AvgIpc) is 2.81. The maximum Gasteiger partial charge on any atom is 0.288 e. The second-order valence-corrected chi connectivity index (χ2v) is 3.57. The number of aromatic nitrogens is 3. The summed E-state index contributed by atoms with van der Waals surface area (Å²) in [5, 5.41) is 19.1. The highest BCUT2D eigenvalue weighted by molar-refractivity contribution is 6.33. The number of H-pyrrole nitrogens is 1. The van der Waals surface area contributed by atoms with Gasteiger partial charge in [-0.3, -0.25) is 20.0 Å². The van der Waals surface area contributed by atoms with E-state index in [2.05, 4.69) is 20.5 Å². The number of nitrogens with one attached hydrogen (secondary N) is 2. The first-order valence-corrected chi connectivity index (χ1v) is 5.06. The van der Waals surface area contributed by atoms with Gasteiger partial charge in [-0.25, -0.2) is 4.98 Å². The zero-order valence-corrected chi connectivity index (χ0v) is 9.51. The van der Waals surface area contributed by atoms with Gasteiger partial charge in [-0.15, -0.1) is 0 Å². The number of nitrogens with zero attached hydrogens (tertiary/aromatic N) is 3. The van der Waals surface area contributed by atoms with Crippen molar-refractivity contribution in [3.8, 4) is 0 Å². The molecule has 0 aliphatic heterocycles. The van der Waals surface area contributed by atoms with E-state index in [0.29, 0.717) is 5.82 Å². The molecule has 0 aliphatic rings. The molecular weight excluding hydrogens is 262 g/mol. The average molecular weight is 268 g/mol. The zero-order chi connectivity index (χ0) is 13.1. The highest BCUT2D eigenvalue weighted by atomic mass is 35.5. The molecule has 0 spiro atoms. The van der Waals surface area contributed by atoms with Crippen LogP contribution in [0.2, 0.25) is 5.15 Å². The predicted octanol–water partition coefficient (Wildman–Crippen LogP) is 1.62. The molecule has 92 valence electrons. The van der Waals surface area contributed by atoms with Crippen LogP contribution >= 0.6 is 11.6 Å². The SMILES string of the molecule is O=C(Nc1ccn[nH]1)c1cc([N+](=O)[O-])cnc1Cl. The number of hydrogen-bond donors (Lipinski definition) is 2. The summed E-state index contributed by atoms with van der Waals surface area (Å²) in [5.74, 6) is -0.261. The molecule has 9 heteroatoms. The molecule has 0 atom stereocenters. The minimum atomic E-state index is -0.656. The van der Waals surface area contributed by atoms with Crippen LogP contribution in [0.1, 0.15) is 10.4 Å². The van der Waals surface area contributed by atoms with Crippen LogP contribution in [0.5, 0.6) is 0 Å². The molecule has 0 saturated heterocycles. The lowest BCUT2D eigenvalue weighted by Crippen LogP contribution is -2.13. The van der Waals surface area contributed by atoms with Crippen molar-refractivity contribution < 1.29 is 9.72 Å². The number of nitro groups is 1. The van der Waals surface area contributed by atoms with Gasteiger partial charge in [-0.05, 0) is 0 Å². The molecular formula is C9H6ClN5O3. The predicted molar refractivity (Wildman–Crippen MR) is 62.4 cm³/mol. The van der Waals surface area contributed by atoms with Crippen molar-refractivity contribution in [2.24, 2.45) is 0 Å². The molecule has 2 heterocycles. The summed E-state index contributed by atoms with van der Waals surface area (Å²) >= 11 is 5.72. The van der Waals surface area contributed by atoms with Crippen LogP contribution in [0.4, 0.5) is 11.5 Å². The molecule has 18 heavy (non-hydrogen) atoms. The minimum Gasteiger partial charge on any atom is -0.307 e. The van der Waals surface area contributed by atoms with Gasteiger partial charge < -0.3 is 5.32 Å². The van der Waals surface area contributed by atoms with Crippen LogP contribution in [0.3, 0.4) is 0 Å². The second kappa shape index (κ2) is 4.80. The first-order valence-electron chi connectivity index (χ1n) is 4.68. The Labute approximate surface area is 105 Å². The third-order valence-electron chi connectivity index (χ3n) is 2.03. The van der Waals surface area contributed by atoms with Crippen molar-refractivity contribution in [3.05, 3.63) is 45.4 Å².